The highest BCUT2D eigenvalue weighted by molar-refractivity contribution is 5.97. The van der Waals surface area contributed by atoms with Gasteiger partial charge in [0.25, 0.3) is 5.91 Å². The third-order valence-corrected chi connectivity index (χ3v) is 4.34. The molecule has 116 valence electrons. The van der Waals surface area contributed by atoms with Gasteiger partial charge in [-0.3, -0.25) is 4.79 Å². The second-order valence-electron chi connectivity index (χ2n) is 5.78. The molecule has 0 atom stereocenters. The fourth-order valence-corrected chi connectivity index (χ4v) is 2.90. The lowest BCUT2D eigenvalue weighted by molar-refractivity contribution is 0.0539. The standard InChI is InChI=1S/C16H25N3O2/c1-12-14(4-3-5-15(12)17)16(21)19(10-11-20)13-6-8-18(2)9-7-13/h3-5,13,20H,6-11,17H2,1-2H3. The predicted octanol–water partition coefficient (Wildman–Crippen LogP) is 1.11. The molecule has 3 N–H and O–H groups in total. The Kier molecular flexibility index (Phi) is 5.20. The van der Waals surface area contributed by atoms with Gasteiger partial charge in [-0.25, -0.2) is 0 Å². The van der Waals surface area contributed by atoms with Crippen molar-refractivity contribution in [1.82, 2.24) is 9.80 Å². The Morgan fingerprint density at radius 3 is 2.71 bits per heavy atom. The highest BCUT2D eigenvalue weighted by atomic mass is 16.3. The number of amides is 1. The van der Waals surface area contributed by atoms with Crippen LogP contribution in [0.25, 0.3) is 0 Å². The van der Waals surface area contributed by atoms with E-state index in [-0.39, 0.29) is 18.6 Å². The summed E-state index contributed by atoms with van der Waals surface area (Å²) >= 11 is 0. The molecule has 1 fully saturated rings. The van der Waals surface area contributed by atoms with E-state index in [1.807, 2.05) is 17.9 Å². The van der Waals surface area contributed by atoms with Gasteiger partial charge in [0.05, 0.1) is 6.61 Å². The maximum absolute atomic E-state index is 12.8. The maximum Gasteiger partial charge on any atom is 0.254 e. The van der Waals surface area contributed by atoms with Gasteiger partial charge in [-0.1, -0.05) is 6.07 Å². The van der Waals surface area contributed by atoms with Gasteiger partial charge in [0.15, 0.2) is 0 Å². The van der Waals surface area contributed by atoms with Crippen molar-refractivity contribution in [2.75, 3.05) is 39.0 Å². The quantitative estimate of drug-likeness (QED) is 0.815. The van der Waals surface area contributed by atoms with Crippen LogP contribution in [0.1, 0.15) is 28.8 Å². The van der Waals surface area contributed by atoms with Crippen molar-refractivity contribution < 1.29 is 9.90 Å². The molecule has 0 aliphatic carbocycles. The van der Waals surface area contributed by atoms with E-state index < -0.39 is 0 Å². The number of nitrogens with two attached hydrogens (primary N) is 1. The van der Waals surface area contributed by atoms with Crippen LogP contribution < -0.4 is 5.73 Å². The minimum absolute atomic E-state index is 0.0144. The summed E-state index contributed by atoms with van der Waals surface area (Å²) in [6.45, 7) is 4.20. The molecule has 5 heteroatoms. The van der Waals surface area contributed by atoms with E-state index in [9.17, 15) is 9.90 Å². The Morgan fingerprint density at radius 1 is 1.43 bits per heavy atom. The van der Waals surface area contributed by atoms with Crippen LogP contribution in [-0.2, 0) is 0 Å². The predicted molar refractivity (Wildman–Crippen MR) is 84.2 cm³/mol. The molecular weight excluding hydrogens is 266 g/mol. The average Bonchev–Trinajstić information content (AvgIpc) is 2.48. The van der Waals surface area contributed by atoms with Crippen molar-refractivity contribution in [1.29, 1.82) is 0 Å². The van der Waals surface area contributed by atoms with Crippen LogP contribution in [0.2, 0.25) is 0 Å². The lowest BCUT2D eigenvalue weighted by atomic mass is 10.0. The molecule has 0 aromatic heterocycles. The van der Waals surface area contributed by atoms with Gasteiger partial charge in [-0.2, -0.15) is 0 Å². The average molecular weight is 291 g/mol. The second-order valence-corrected chi connectivity index (χ2v) is 5.78. The number of nitrogen functional groups attached to an aromatic ring is 1. The fraction of sp³-hybridized carbons (Fsp3) is 0.562. The summed E-state index contributed by atoms with van der Waals surface area (Å²) in [6, 6.07) is 5.62. The molecule has 1 heterocycles. The van der Waals surface area contributed by atoms with E-state index in [2.05, 4.69) is 11.9 Å². The lowest BCUT2D eigenvalue weighted by Gasteiger charge is -2.37. The fourth-order valence-electron chi connectivity index (χ4n) is 2.90. The third kappa shape index (κ3) is 3.54. The van der Waals surface area contributed by atoms with Crippen LogP contribution in [-0.4, -0.2) is 60.1 Å². The summed E-state index contributed by atoms with van der Waals surface area (Å²) in [5, 5.41) is 9.31. The minimum atomic E-state index is -0.0246. The number of hydrogen-bond donors (Lipinski definition) is 2. The molecule has 0 bridgehead atoms. The maximum atomic E-state index is 12.8. The van der Waals surface area contributed by atoms with Crippen molar-refractivity contribution in [2.45, 2.75) is 25.8 Å². The molecule has 0 radical (unpaired) electrons. The Bertz CT molecular complexity index is 496. The number of aliphatic hydroxyl groups excluding tert-OH is 1. The summed E-state index contributed by atoms with van der Waals surface area (Å²) in [6.07, 6.45) is 1.90. The van der Waals surface area contributed by atoms with Crippen LogP contribution in [0.5, 0.6) is 0 Å². The number of rotatable bonds is 4. The molecule has 2 rings (SSSR count). The number of hydrogen-bond acceptors (Lipinski definition) is 4. The summed E-state index contributed by atoms with van der Waals surface area (Å²) in [5.41, 5.74) is 7.99. The number of carbonyl (C=O) groups is 1. The molecule has 1 amide bonds. The largest absolute Gasteiger partial charge is 0.398 e. The number of anilines is 1. The van der Waals surface area contributed by atoms with Crippen LogP contribution >= 0.6 is 0 Å². The summed E-state index contributed by atoms with van der Waals surface area (Å²) in [5.74, 6) is -0.0246. The first kappa shape index (κ1) is 15.8. The van der Waals surface area contributed by atoms with E-state index in [0.29, 0.717) is 17.8 Å². The molecule has 1 aromatic rings. The molecule has 0 spiro atoms. The van der Waals surface area contributed by atoms with Gasteiger partial charge in [0.2, 0.25) is 0 Å². The van der Waals surface area contributed by atoms with E-state index in [0.717, 1.165) is 31.5 Å². The zero-order valence-corrected chi connectivity index (χ0v) is 12.9. The Morgan fingerprint density at radius 2 is 2.10 bits per heavy atom. The first-order valence-corrected chi connectivity index (χ1v) is 7.50. The number of likely N-dealkylation sites (tertiary alicyclic amines) is 1. The monoisotopic (exact) mass is 291 g/mol. The van der Waals surface area contributed by atoms with Crippen LogP contribution in [0, 0.1) is 6.92 Å². The first-order valence-electron chi connectivity index (χ1n) is 7.50. The topological polar surface area (TPSA) is 69.8 Å². The summed E-state index contributed by atoms with van der Waals surface area (Å²) in [4.78, 5) is 16.9. The van der Waals surface area contributed by atoms with E-state index in [4.69, 9.17) is 5.73 Å². The lowest BCUT2D eigenvalue weighted by Crippen LogP contribution is -2.47. The molecule has 5 nitrogen and oxygen atoms in total. The molecule has 1 aliphatic heterocycles. The van der Waals surface area contributed by atoms with Crippen molar-refractivity contribution in [3.05, 3.63) is 29.3 Å². The van der Waals surface area contributed by atoms with Gasteiger partial charge in [0.1, 0.15) is 0 Å². The number of benzene rings is 1. The normalized spacial score (nSPS) is 16.9. The summed E-state index contributed by atoms with van der Waals surface area (Å²) in [7, 11) is 2.09. The highest BCUT2D eigenvalue weighted by Gasteiger charge is 2.28. The smallest absolute Gasteiger partial charge is 0.254 e. The Labute approximate surface area is 126 Å². The van der Waals surface area contributed by atoms with Crippen molar-refractivity contribution in [2.24, 2.45) is 0 Å². The summed E-state index contributed by atoms with van der Waals surface area (Å²) < 4.78 is 0. The van der Waals surface area contributed by atoms with Crippen LogP contribution in [0.3, 0.4) is 0 Å². The number of aliphatic hydroxyl groups is 1. The minimum Gasteiger partial charge on any atom is -0.398 e. The van der Waals surface area contributed by atoms with Gasteiger partial charge < -0.3 is 20.6 Å². The Balaban J connectivity index is 2.21. The van der Waals surface area contributed by atoms with Crippen LogP contribution in [0.4, 0.5) is 5.69 Å². The molecule has 1 saturated heterocycles. The highest BCUT2D eigenvalue weighted by Crippen LogP contribution is 2.22. The van der Waals surface area contributed by atoms with Gasteiger partial charge in [0, 0.05) is 23.8 Å². The molecule has 0 saturated carbocycles. The zero-order chi connectivity index (χ0) is 15.4. The van der Waals surface area contributed by atoms with E-state index >= 15 is 0 Å². The van der Waals surface area contributed by atoms with Gasteiger partial charge in [-0.15, -0.1) is 0 Å². The first-order chi connectivity index (χ1) is 10.0. The SMILES string of the molecule is Cc1c(N)cccc1C(=O)N(CCO)C1CCN(C)CC1. The number of nitrogens with zero attached hydrogens (tertiary/aromatic N) is 2. The molecular formula is C16H25N3O2. The molecule has 21 heavy (non-hydrogen) atoms. The van der Waals surface area contributed by atoms with Crippen molar-refractivity contribution in [3.8, 4) is 0 Å². The van der Waals surface area contributed by atoms with Gasteiger partial charge >= 0.3 is 0 Å². The zero-order valence-electron chi connectivity index (χ0n) is 12.9. The second kappa shape index (κ2) is 6.91. The van der Waals surface area contributed by atoms with Crippen LogP contribution in [0.15, 0.2) is 18.2 Å². The van der Waals surface area contributed by atoms with E-state index in [1.165, 1.54) is 0 Å². The van der Waals surface area contributed by atoms with E-state index in [1.54, 1.807) is 12.1 Å². The Hall–Kier alpha value is -1.59. The number of piperidine rings is 1. The molecule has 1 aromatic carbocycles. The number of carbonyl (C=O) groups excluding carboxylic acids is 1. The van der Waals surface area contributed by atoms with Crippen molar-refractivity contribution >= 4 is 11.6 Å². The van der Waals surface area contributed by atoms with Crippen molar-refractivity contribution in [3.63, 3.8) is 0 Å². The molecule has 0 unspecified atom stereocenters. The third-order valence-electron chi connectivity index (χ3n) is 4.34. The molecule has 1 aliphatic rings. The van der Waals surface area contributed by atoms with Gasteiger partial charge in [-0.05, 0) is 57.6 Å².